The third-order valence-corrected chi connectivity index (χ3v) is 3.06. The van der Waals surface area contributed by atoms with Gasteiger partial charge < -0.3 is 10.4 Å². The SMILES string of the molecule is Cc1nc(/C=C/C(=O)NC(C(=O)O)C(C)C)cs1. The van der Waals surface area contributed by atoms with E-state index in [1.54, 1.807) is 19.9 Å². The number of thiazole rings is 1. The fourth-order valence-electron chi connectivity index (χ4n) is 1.33. The normalized spacial score (nSPS) is 12.9. The molecule has 0 fully saturated rings. The van der Waals surface area contributed by atoms with Crippen molar-refractivity contribution in [3.63, 3.8) is 0 Å². The van der Waals surface area contributed by atoms with Gasteiger partial charge in [-0.3, -0.25) is 4.79 Å². The number of aryl methyl sites for hydroxylation is 1. The van der Waals surface area contributed by atoms with Gasteiger partial charge in [0.1, 0.15) is 6.04 Å². The first-order chi connectivity index (χ1) is 8.40. The van der Waals surface area contributed by atoms with E-state index in [2.05, 4.69) is 10.3 Å². The minimum atomic E-state index is -1.03. The van der Waals surface area contributed by atoms with E-state index < -0.39 is 17.9 Å². The van der Waals surface area contributed by atoms with Crippen molar-refractivity contribution in [1.29, 1.82) is 0 Å². The Morgan fingerprint density at radius 2 is 2.17 bits per heavy atom. The highest BCUT2D eigenvalue weighted by atomic mass is 32.1. The summed E-state index contributed by atoms with van der Waals surface area (Å²) in [5.74, 6) is -1.63. The zero-order chi connectivity index (χ0) is 13.7. The number of aliphatic carboxylic acids is 1. The molecule has 6 heteroatoms. The van der Waals surface area contributed by atoms with E-state index in [-0.39, 0.29) is 5.92 Å². The molecule has 1 aromatic rings. The average molecular weight is 268 g/mol. The second kappa shape index (κ2) is 6.30. The van der Waals surface area contributed by atoms with Crippen LogP contribution in [0.15, 0.2) is 11.5 Å². The number of carbonyl (C=O) groups is 2. The summed E-state index contributed by atoms with van der Waals surface area (Å²) in [6, 6.07) is -0.876. The van der Waals surface area contributed by atoms with E-state index in [4.69, 9.17) is 5.11 Å². The first-order valence-electron chi connectivity index (χ1n) is 5.53. The molecule has 1 atom stereocenters. The number of amides is 1. The second-order valence-electron chi connectivity index (χ2n) is 4.19. The minimum absolute atomic E-state index is 0.165. The van der Waals surface area contributed by atoms with Crippen molar-refractivity contribution in [2.75, 3.05) is 0 Å². The summed E-state index contributed by atoms with van der Waals surface area (Å²) in [5.41, 5.74) is 0.698. The predicted molar refractivity (Wildman–Crippen MR) is 70.3 cm³/mol. The van der Waals surface area contributed by atoms with Gasteiger partial charge in [-0.2, -0.15) is 0 Å². The molecule has 1 amide bonds. The van der Waals surface area contributed by atoms with Crippen LogP contribution < -0.4 is 5.32 Å². The maximum Gasteiger partial charge on any atom is 0.326 e. The number of nitrogens with one attached hydrogen (secondary N) is 1. The highest BCUT2D eigenvalue weighted by Crippen LogP contribution is 2.09. The molecule has 0 bridgehead atoms. The highest BCUT2D eigenvalue weighted by Gasteiger charge is 2.22. The molecule has 0 aliphatic rings. The smallest absolute Gasteiger partial charge is 0.326 e. The van der Waals surface area contributed by atoms with Crippen molar-refractivity contribution in [2.45, 2.75) is 26.8 Å². The lowest BCUT2D eigenvalue weighted by Crippen LogP contribution is -2.43. The number of rotatable bonds is 5. The summed E-state index contributed by atoms with van der Waals surface area (Å²) in [4.78, 5) is 26.6. The van der Waals surface area contributed by atoms with Crippen LogP contribution in [-0.4, -0.2) is 28.0 Å². The molecule has 0 saturated heterocycles. The van der Waals surface area contributed by atoms with E-state index in [1.165, 1.54) is 17.4 Å². The van der Waals surface area contributed by atoms with Crippen LogP contribution >= 0.6 is 11.3 Å². The van der Waals surface area contributed by atoms with Crippen molar-refractivity contribution in [3.05, 3.63) is 22.2 Å². The Labute approximate surface area is 110 Å². The largest absolute Gasteiger partial charge is 0.480 e. The summed E-state index contributed by atoms with van der Waals surface area (Å²) >= 11 is 1.49. The Kier molecular flexibility index (Phi) is 5.03. The van der Waals surface area contributed by atoms with Gasteiger partial charge in [-0.1, -0.05) is 13.8 Å². The summed E-state index contributed by atoms with van der Waals surface area (Å²) < 4.78 is 0. The van der Waals surface area contributed by atoms with E-state index in [0.717, 1.165) is 5.01 Å². The third kappa shape index (κ3) is 4.29. The molecular weight excluding hydrogens is 252 g/mol. The summed E-state index contributed by atoms with van der Waals surface area (Å²) in [7, 11) is 0. The third-order valence-electron chi connectivity index (χ3n) is 2.27. The molecule has 18 heavy (non-hydrogen) atoms. The van der Waals surface area contributed by atoms with E-state index >= 15 is 0 Å². The van der Waals surface area contributed by atoms with Gasteiger partial charge in [-0.05, 0) is 18.9 Å². The van der Waals surface area contributed by atoms with Crippen molar-refractivity contribution < 1.29 is 14.7 Å². The van der Waals surface area contributed by atoms with Gasteiger partial charge in [-0.25, -0.2) is 9.78 Å². The van der Waals surface area contributed by atoms with Crippen LogP contribution in [0, 0.1) is 12.8 Å². The van der Waals surface area contributed by atoms with Gasteiger partial charge in [0.2, 0.25) is 5.91 Å². The van der Waals surface area contributed by atoms with Gasteiger partial charge in [-0.15, -0.1) is 11.3 Å². The van der Waals surface area contributed by atoms with Crippen LogP contribution in [0.5, 0.6) is 0 Å². The lowest BCUT2D eigenvalue weighted by atomic mass is 10.0. The molecule has 1 heterocycles. The molecule has 98 valence electrons. The van der Waals surface area contributed by atoms with Crippen LogP contribution in [0.25, 0.3) is 6.08 Å². The number of carboxylic acid groups (broad SMARTS) is 1. The first kappa shape index (κ1) is 14.4. The number of aromatic nitrogens is 1. The van der Waals surface area contributed by atoms with E-state index in [9.17, 15) is 9.59 Å². The number of carbonyl (C=O) groups excluding carboxylic acids is 1. The highest BCUT2D eigenvalue weighted by molar-refractivity contribution is 7.09. The van der Waals surface area contributed by atoms with Gasteiger partial charge in [0, 0.05) is 11.5 Å². The van der Waals surface area contributed by atoms with Crippen molar-refractivity contribution in [2.24, 2.45) is 5.92 Å². The predicted octanol–water partition coefficient (Wildman–Crippen LogP) is 1.69. The number of carboxylic acids is 1. The van der Waals surface area contributed by atoms with E-state index in [1.807, 2.05) is 12.3 Å². The van der Waals surface area contributed by atoms with Crippen LogP contribution in [0.1, 0.15) is 24.5 Å². The quantitative estimate of drug-likeness (QED) is 0.796. The zero-order valence-electron chi connectivity index (χ0n) is 10.5. The molecule has 0 aliphatic heterocycles. The molecule has 0 spiro atoms. The number of nitrogens with zero attached hydrogens (tertiary/aromatic N) is 1. The molecule has 0 aliphatic carbocycles. The van der Waals surface area contributed by atoms with Crippen LogP contribution in [0.2, 0.25) is 0 Å². The monoisotopic (exact) mass is 268 g/mol. The Bertz CT molecular complexity index is 466. The van der Waals surface area contributed by atoms with Gasteiger partial charge in [0.05, 0.1) is 10.7 Å². The van der Waals surface area contributed by atoms with Crippen LogP contribution in [0.4, 0.5) is 0 Å². The molecule has 2 N–H and O–H groups in total. The fraction of sp³-hybridized carbons (Fsp3) is 0.417. The molecule has 0 saturated carbocycles. The Morgan fingerprint density at radius 1 is 1.50 bits per heavy atom. The lowest BCUT2D eigenvalue weighted by molar-refractivity contribution is -0.142. The minimum Gasteiger partial charge on any atom is -0.480 e. The maximum absolute atomic E-state index is 11.6. The van der Waals surface area contributed by atoms with Crippen LogP contribution in [0.3, 0.4) is 0 Å². The fourth-order valence-corrected chi connectivity index (χ4v) is 1.91. The lowest BCUT2D eigenvalue weighted by Gasteiger charge is -2.16. The zero-order valence-corrected chi connectivity index (χ0v) is 11.3. The summed E-state index contributed by atoms with van der Waals surface area (Å²) in [6.07, 6.45) is 2.87. The van der Waals surface area contributed by atoms with Gasteiger partial charge in [0.25, 0.3) is 0 Å². The topological polar surface area (TPSA) is 79.3 Å². The number of hydrogen-bond donors (Lipinski definition) is 2. The molecule has 1 unspecified atom stereocenters. The second-order valence-corrected chi connectivity index (χ2v) is 5.26. The average Bonchev–Trinajstić information content (AvgIpc) is 2.68. The molecule has 1 aromatic heterocycles. The summed E-state index contributed by atoms with van der Waals surface area (Å²) in [6.45, 7) is 5.36. The van der Waals surface area contributed by atoms with Crippen molar-refractivity contribution >= 4 is 29.3 Å². The van der Waals surface area contributed by atoms with Crippen molar-refractivity contribution in [3.8, 4) is 0 Å². The Balaban J connectivity index is 2.60. The Morgan fingerprint density at radius 3 is 2.61 bits per heavy atom. The standard InChI is InChI=1S/C12H16N2O3S/c1-7(2)11(12(16)17)14-10(15)5-4-9-6-18-8(3)13-9/h4-7,11H,1-3H3,(H,14,15)(H,16,17)/b5-4+. The summed E-state index contributed by atoms with van der Waals surface area (Å²) in [5, 5.41) is 14.1. The molecule has 5 nitrogen and oxygen atoms in total. The molecular formula is C12H16N2O3S. The van der Waals surface area contributed by atoms with Crippen molar-refractivity contribution in [1.82, 2.24) is 10.3 Å². The molecule has 0 aromatic carbocycles. The van der Waals surface area contributed by atoms with Gasteiger partial charge in [0.15, 0.2) is 0 Å². The number of hydrogen-bond acceptors (Lipinski definition) is 4. The molecule has 1 rings (SSSR count). The van der Waals surface area contributed by atoms with Crippen LogP contribution in [-0.2, 0) is 9.59 Å². The first-order valence-corrected chi connectivity index (χ1v) is 6.41. The van der Waals surface area contributed by atoms with Gasteiger partial charge >= 0.3 is 5.97 Å². The Hall–Kier alpha value is -1.69. The maximum atomic E-state index is 11.6. The molecule has 0 radical (unpaired) electrons. The van der Waals surface area contributed by atoms with E-state index in [0.29, 0.717) is 5.69 Å².